The summed E-state index contributed by atoms with van der Waals surface area (Å²) < 4.78 is 11.1. The van der Waals surface area contributed by atoms with Gasteiger partial charge in [0.1, 0.15) is 5.69 Å². The molecule has 0 saturated carbocycles. The first-order valence-electron chi connectivity index (χ1n) is 8.50. The first kappa shape index (κ1) is 18.8. The average molecular weight is 355 g/mol. The highest BCUT2D eigenvalue weighted by Gasteiger charge is 2.34. The second kappa shape index (κ2) is 8.51. The van der Waals surface area contributed by atoms with Gasteiger partial charge < -0.3 is 15.2 Å². The van der Waals surface area contributed by atoms with Crippen LogP contribution in [-0.4, -0.2) is 35.0 Å². The highest BCUT2D eigenvalue weighted by atomic mass is 35.5. The van der Waals surface area contributed by atoms with Gasteiger partial charge in [-0.05, 0) is 26.7 Å². The minimum atomic E-state index is -0.00858. The minimum Gasteiger partial charge on any atom is -0.484 e. The molecule has 2 heterocycles. The monoisotopic (exact) mass is 354 g/mol. The van der Waals surface area contributed by atoms with Crippen molar-refractivity contribution in [2.75, 3.05) is 18.7 Å². The smallest absolute Gasteiger partial charge is 0.318 e. The van der Waals surface area contributed by atoms with Crippen molar-refractivity contribution in [3.63, 3.8) is 0 Å². The van der Waals surface area contributed by atoms with E-state index in [4.69, 9.17) is 26.8 Å². The Morgan fingerprint density at radius 3 is 2.58 bits per heavy atom. The summed E-state index contributed by atoms with van der Waals surface area (Å²) >= 11 is 5.76. The molecule has 0 spiro atoms. The molecule has 0 aromatic carbocycles. The number of halogens is 1. The van der Waals surface area contributed by atoms with Crippen LogP contribution in [0.5, 0.6) is 6.01 Å². The predicted molar refractivity (Wildman–Crippen MR) is 97.4 cm³/mol. The summed E-state index contributed by atoms with van der Waals surface area (Å²) in [5.74, 6) is 2.06. The van der Waals surface area contributed by atoms with Gasteiger partial charge in [-0.15, -0.1) is 11.6 Å². The molecule has 6 nitrogen and oxygen atoms in total. The van der Waals surface area contributed by atoms with E-state index < -0.39 is 0 Å². The Bertz CT molecular complexity index is 592. The van der Waals surface area contributed by atoms with Crippen LogP contribution < -0.4 is 10.5 Å². The number of alkyl halides is 1. The minimum absolute atomic E-state index is 0.00858. The van der Waals surface area contributed by atoms with Gasteiger partial charge in [-0.3, -0.25) is 0 Å². The molecule has 134 valence electrons. The summed E-state index contributed by atoms with van der Waals surface area (Å²) in [6, 6.07) is 0.310. The molecule has 0 saturated heterocycles. The van der Waals surface area contributed by atoms with Crippen molar-refractivity contribution < 1.29 is 9.47 Å². The first-order chi connectivity index (χ1) is 11.5. The van der Waals surface area contributed by atoms with Crippen LogP contribution in [0.1, 0.15) is 58.1 Å². The predicted octanol–water partition coefficient (Wildman–Crippen LogP) is 4.05. The van der Waals surface area contributed by atoms with Crippen molar-refractivity contribution in [2.45, 2.75) is 58.5 Å². The number of unbranched alkanes of at least 4 members (excludes halogenated alkanes) is 2. The fourth-order valence-corrected chi connectivity index (χ4v) is 3.16. The van der Waals surface area contributed by atoms with Crippen molar-refractivity contribution in [3.05, 3.63) is 5.69 Å². The number of rotatable bonds is 7. The lowest BCUT2D eigenvalue weighted by atomic mass is 9.84. The van der Waals surface area contributed by atoms with Crippen LogP contribution in [0.3, 0.4) is 0 Å². The Balaban J connectivity index is 2.28. The molecule has 1 aliphatic heterocycles. The largest absolute Gasteiger partial charge is 0.484 e. The van der Waals surface area contributed by atoms with Gasteiger partial charge in [-0.1, -0.05) is 19.8 Å². The lowest BCUT2D eigenvalue weighted by Crippen LogP contribution is -2.27. The number of aliphatic imine (C=N–C) groups is 1. The number of nitrogens with two attached hydrogens (primary N) is 1. The second-order valence-corrected chi connectivity index (χ2v) is 6.76. The number of hydrogen-bond donors (Lipinski definition) is 1. The van der Waals surface area contributed by atoms with Crippen LogP contribution in [0.15, 0.2) is 4.99 Å². The molecule has 24 heavy (non-hydrogen) atoms. The maximum absolute atomic E-state index is 6.07. The van der Waals surface area contributed by atoms with E-state index in [9.17, 15) is 0 Å². The highest BCUT2D eigenvalue weighted by molar-refractivity contribution is 6.17. The van der Waals surface area contributed by atoms with Crippen LogP contribution in [0.4, 0.5) is 11.5 Å². The average Bonchev–Trinajstić information content (AvgIpc) is 2.53. The van der Waals surface area contributed by atoms with E-state index in [1.165, 1.54) is 0 Å². The molecule has 1 aromatic heterocycles. The zero-order valence-electron chi connectivity index (χ0n) is 14.9. The Labute approximate surface area is 148 Å². The van der Waals surface area contributed by atoms with Gasteiger partial charge in [0.15, 0.2) is 11.7 Å². The number of ether oxygens (including phenoxy) is 2. The fourth-order valence-electron chi connectivity index (χ4n) is 2.97. The van der Waals surface area contributed by atoms with Gasteiger partial charge in [0.05, 0.1) is 18.9 Å². The summed E-state index contributed by atoms with van der Waals surface area (Å²) in [7, 11) is 1.65. The number of fused-ring (bicyclic) bond motifs is 1. The molecule has 0 fully saturated rings. The van der Waals surface area contributed by atoms with Gasteiger partial charge in [0, 0.05) is 17.7 Å². The van der Waals surface area contributed by atoms with Gasteiger partial charge in [-0.2, -0.15) is 9.97 Å². The molecule has 0 bridgehead atoms. The molecular formula is C17H27ClN4O2. The van der Waals surface area contributed by atoms with Crippen LogP contribution in [0.2, 0.25) is 0 Å². The number of nitrogen functional groups attached to an aromatic ring is 1. The molecule has 2 atom stereocenters. The molecule has 1 aliphatic rings. The van der Waals surface area contributed by atoms with Crippen molar-refractivity contribution in [1.82, 2.24) is 9.97 Å². The fraction of sp³-hybridized carbons (Fsp3) is 0.706. The summed E-state index contributed by atoms with van der Waals surface area (Å²) in [4.78, 5) is 13.3. The molecule has 1 aromatic rings. The van der Waals surface area contributed by atoms with Crippen LogP contribution in [0.25, 0.3) is 0 Å². The Morgan fingerprint density at radius 2 is 1.96 bits per heavy atom. The topological polar surface area (TPSA) is 82.6 Å². The third-order valence-electron chi connectivity index (χ3n) is 4.19. The van der Waals surface area contributed by atoms with E-state index in [-0.39, 0.29) is 17.9 Å². The lowest BCUT2D eigenvalue weighted by molar-refractivity contribution is 0.221. The molecule has 2 rings (SSSR count). The van der Waals surface area contributed by atoms with Crippen molar-refractivity contribution in [2.24, 2.45) is 10.9 Å². The quantitative estimate of drug-likeness (QED) is 0.589. The SMILES string of the molecule is COC1=Nc2c(N)nc(OC(C)C)nc2C(C)C1CCCCCCl. The van der Waals surface area contributed by atoms with Crippen molar-refractivity contribution >= 4 is 29.0 Å². The molecule has 0 amide bonds. The van der Waals surface area contributed by atoms with E-state index in [1.54, 1.807) is 7.11 Å². The maximum Gasteiger partial charge on any atom is 0.318 e. The molecular weight excluding hydrogens is 328 g/mol. The van der Waals surface area contributed by atoms with E-state index in [0.29, 0.717) is 29.3 Å². The normalized spacial score (nSPS) is 19.8. The highest BCUT2D eigenvalue weighted by Crippen LogP contribution is 2.42. The third kappa shape index (κ3) is 4.29. The number of methoxy groups -OCH3 is 1. The van der Waals surface area contributed by atoms with E-state index in [0.717, 1.165) is 31.4 Å². The summed E-state index contributed by atoms with van der Waals surface area (Å²) in [5.41, 5.74) is 7.51. The number of aromatic nitrogens is 2. The second-order valence-electron chi connectivity index (χ2n) is 6.38. The lowest BCUT2D eigenvalue weighted by Gasteiger charge is -2.29. The molecule has 0 aliphatic carbocycles. The number of anilines is 1. The van der Waals surface area contributed by atoms with E-state index >= 15 is 0 Å². The molecule has 2 unspecified atom stereocenters. The Morgan fingerprint density at radius 1 is 1.21 bits per heavy atom. The van der Waals surface area contributed by atoms with Gasteiger partial charge in [0.25, 0.3) is 0 Å². The number of hydrogen-bond acceptors (Lipinski definition) is 6. The zero-order chi connectivity index (χ0) is 17.7. The van der Waals surface area contributed by atoms with E-state index in [1.807, 2.05) is 13.8 Å². The van der Waals surface area contributed by atoms with Gasteiger partial charge >= 0.3 is 6.01 Å². The zero-order valence-corrected chi connectivity index (χ0v) is 15.6. The summed E-state index contributed by atoms with van der Waals surface area (Å²) in [6.07, 6.45) is 4.18. The first-order valence-corrected chi connectivity index (χ1v) is 9.04. The molecule has 7 heteroatoms. The maximum atomic E-state index is 6.07. The molecule has 2 N–H and O–H groups in total. The Hall–Kier alpha value is -1.56. The van der Waals surface area contributed by atoms with Gasteiger partial charge in [0.2, 0.25) is 0 Å². The summed E-state index contributed by atoms with van der Waals surface area (Å²) in [5, 5.41) is 0. The Kier molecular flexibility index (Phi) is 6.66. The molecule has 0 radical (unpaired) electrons. The number of nitrogens with zero attached hydrogens (tertiary/aromatic N) is 3. The van der Waals surface area contributed by atoms with Crippen LogP contribution >= 0.6 is 11.6 Å². The van der Waals surface area contributed by atoms with E-state index in [2.05, 4.69) is 21.9 Å². The van der Waals surface area contributed by atoms with Gasteiger partial charge in [-0.25, -0.2) is 4.99 Å². The van der Waals surface area contributed by atoms with Crippen molar-refractivity contribution in [3.8, 4) is 6.01 Å². The van der Waals surface area contributed by atoms with Crippen LogP contribution in [0, 0.1) is 5.92 Å². The van der Waals surface area contributed by atoms with Crippen LogP contribution in [-0.2, 0) is 4.74 Å². The summed E-state index contributed by atoms with van der Waals surface area (Å²) in [6.45, 7) is 6.00. The van der Waals surface area contributed by atoms with Crippen molar-refractivity contribution in [1.29, 1.82) is 0 Å². The third-order valence-corrected chi connectivity index (χ3v) is 4.46. The standard InChI is InChI=1S/C17H27ClN4O2/c1-10(2)24-17-21-13-11(3)12(8-6-5-7-9-18)16(23-4)20-14(13)15(19)22-17/h10-12H,5-9H2,1-4H3,(H2,19,21,22).